The molecular weight excluding hydrogens is 316 g/mol. The predicted octanol–water partition coefficient (Wildman–Crippen LogP) is 0.982. The van der Waals surface area contributed by atoms with Crippen molar-refractivity contribution in [2.75, 3.05) is 38.6 Å². The summed E-state index contributed by atoms with van der Waals surface area (Å²) in [6, 6.07) is 8.00. The van der Waals surface area contributed by atoms with Crippen molar-refractivity contribution in [3.63, 3.8) is 0 Å². The number of rotatable bonds is 3. The van der Waals surface area contributed by atoms with Crippen LogP contribution in [0.5, 0.6) is 0 Å². The van der Waals surface area contributed by atoms with Crippen molar-refractivity contribution in [2.24, 2.45) is 13.0 Å². The van der Waals surface area contributed by atoms with E-state index >= 15 is 0 Å². The van der Waals surface area contributed by atoms with E-state index < -0.39 is 0 Å². The highest BCUT2D eigenvalue weighted by molar-refractivity contribution is 5.95. The fourth-order valence-corrected chi connectivity index (χ4v) is 3.95. The van der Waals surface area contributed by atoms with Crippen molar-refractivity contribution < 1.29 is 4.79 Å². The summed E-state index contributed by atoms with van der Waals surface area (Å²) in [5.74, 6) is 2.14. The van der Waals surface area contributed by atoms with Crippen molar-refractivity contribution in [1.82, 2.24) is 25.0 Å². The second-order valence-electron chi connectivity index (χ2n) is 7.11. The largest absolute Gasteiger partial charge is 0.347 e. The molecule has 0 aliphatic carbocycles. The van der Waals surface area contributed by atoms with Gasteiger partial charge >= 0.3 is 0 Å². The Labute approximate surface area is 147 Å². The van der Waals surface area contributed by atoms with Crippen molar-refractivity contribution in [3.05, 3.63) is 29.8 Å². The summed E-state index contributed by atoms with van der Waals surface area (Å²) in [5, 5.41) is 7.88. The maximum Gasteiger partial charge on any atom is 0.254 e. The van der Waals surface area contributed by atoms with Crippen LogP contribution >= 0.6 is 0 Å². The third kappa shape index (κ3) is 2.78. The number of amides is 1. The molecule has 2 aliphatic heterocycles. The molecule has 2 saturated heterocycles. The topological polar surface area (TPSA) is 66.3 Å². The van der Waals surface area contributed by atoms with E-state index in [1.165, 1.54) is 0 Å². The van der Waals surface area contributed by atoms with Crippen molar-refractivity contribution in [1.29, 1.82) is 0 Å². The predicted molar refractivity (Wildman–Crippen MR) is 96.6 cm³/mol. The molecule has 0 radical (unpaired) electrons. The van der Waals surface area contributed by atoms with E-state index in [2.05, 4.69) is 15.4 Å². The van der Waals surface area contributed by atoms with Gasteiger partial charge in [0, 0.05) is 57.9 Å². The van der Waals surface area contributed by atoms with Crippen LogP contribution in [0.15, 0.2) is 24.3 Å². The van der Waals surface area contributed by atoms with Gasteiger partial charge in [-0.1, -0.05) is 12.1 Å². The molecule has 1 N–H and O–H groups in total. The van der Waals surface area contributed by atoms with Gasteiger partial charge in [0.05, 0.1) is 0 Å². The van der Waals surface area contributed by atoms with Gasteiger partial charge in [0.2, 0.25) is 5.95 Å². The quantitative estimate of drug-likeness (QED) is 0.902. The normalized spacial score (nSPS) is 22.3. The van der Waals surface area contributed by atoms with E-state index in [0.717, 1.165) is 37.6 Å². The molecule has 2 unspecified atom stereocenters. The minimum Gasteiger partial charge on any atom is -0.347 e. The van der Waals surface area contributed by atoms with Gasteiger partial charge in [-0.25, -0.2) is 4.68 Å². The molecule has 1 amide bonds. The number of aryl methyl sites for hydroxylation is 1. The number of fused-ring (bicyclic) bond motifs is 1. The Morgan fingerprint density at radius 1 is 1.32 bits per heavy atom. The molecule has 1 aromatic carbocycles. The van der Waals surface area contributed by atoms with Crippen molar-refractivity contribution in [2.45, 2.75) is 12.5 Å². The lowest BCUT2D eigenvalue weighted by Gasteiger charge is -2.23. The van der Waals surface area contributed by atoms with E-state index in [0.29, 0.717) is 23.3 Å². The highest BCUT2D eigenvalue weighted by Gasteiger charge is 2.40. The number of nitrogens with zero attached hydrogens (tertiary/aromatic N) is 5. The van der Waals surface area contributed by atoms with E-state index in [-0.39, 0.29) is 5.91 Å². The van der Waals surface area contributed by atoms with Gasteiger partial charge in [-0.3, -0.25) is 4.79 Å². The summed E-state index contributed by atoms with van der Waals surface area (Å²) in [5.41, 5.74) is 1.58. The lowest BCUT2D eigenvalue weighted by atomic mass is 10.0. The smallest absolute Gasteiger partial charge is 0.254 e. The highest BCUT2D eigenvalue weighted by atomic mass is 16.2. The van der Waals surface area contributed by atoms with Crippen LogP contribution < -0.4 is 10.2 Å². The third-order valence-corrected chi connectivity index (χ3v) is 5.21. The molecule has 0 bridgehead atoms. The zero-order chi connectivity index (χ0) is 17.6. The Morgan fingerprint density at radius 2 is 2.16 bits per heavy atom. The van der Waals surface area contributed by atoms with Crippen LogP contribution in [0.2, 0.25) is 0 Å². The van der Waals surface area contributed by atoms with E-state index in [4.69, 9.17) is 0 Å². The van der Waals surface area contributed by atoms with Gasteiger partial charge in [-0.05, 0) is 24.5 Å². The lowest BCUT2D eigenvalue weighted by molar-refractivity contribution is 0.0737. The molecule has 7 nitrogen and oxygen atoms in total. The lowest BCUT2D eigenvalue weighted by Crippen LogP contribution is -2.39. The van der Waals surface area contributed by atoms with Gasteiger partial charge in [0.1, 0.15) is 0 Å². The maximum absolute atomic E-state index is 13.0. The fourth-order valence-electron chi connectivity index (χ4n) is 3.95. The molecule has 0 saturated carbocycles. The standard InChI is InChI=1S/C18H24N6O/c1-22(2)18-20-16(21-23(18)3)12-5-4-6-13(9-12)17(25)24-8-7-14-10-19-11-15(14)24/h4-6,9,14-15,19H,7-8,10-11H2,1-3H3. The van der Waals surface area contributed by atoms with E-state index in [9.17, 15) is 4.79 Å². The first-order valence-electron chi connectivity index (χ1n) is 8.75. The first-order valence-corrected chi connectivity index (χ1v) is 8.75. The summed E-state index contributed by atoms with van der Waals surface area (Å²) >= 11 is 0. The number of likely N-dealkylation sites (tertiary alicyclic amines) is 1. The molecule has 3 heterocycles. The maximum atomic E-state index is 13.0. The molecule has 0 spiro atoms. The van der Waals surface area contributed by atoms with E-state index in [1.807, 2.05) is 55.2 Å². The van der Waals surface area contributed by atoms with Crippen molar-refractivity contribution >= 4 is 11.9 Å². The summed E-state index contributed by atoms with van der Waals surface area (Å²) in [4.78, 5) is 21.5. The number of hydrogen-bond acceptors (Lipinski definition) is 5. The zero-order valence-corrected chi connectivity index (χ0v) is 14.9. The average molecular weight is 340 g/mol. The Morgan fingerprint density at radius 3 is 2.92 bits per heavy atom. The zero-order valence-electron chi connectivity index (χ0n) is 14.9. The van der Waals surface area contributed by atoms with Crippen LogP contribution in [0.4, 0.5) is 5.95 Å². The Hall–Kier alpha value is -2.41. The first kappa shape index (κ1) is 16.1. The minimum absolute atomic E-state index is 0.113. The van der Waals surface area contributed by atoms with Crippen LogP contribution in [0, 0.1) is 5.92 Å². The molecule has 4 rings (SSSR count). The van der Waals surface area contributed by atoms with Crippen LogP contribution in [-0.4, -0.2) is 65.3 Å². The average Bonchev–Trinajstić information content (AvgIpc) is 3.29. The summed E-state index contributed by atoms with van der Waals surface area (Å²) < 4.78 is 1.75. The number of benzene rings is 1. The summed E-state index contributed by atoms with van der Waals surface area (Å²) in [6.45, 7) is 2.79. The molecule has 132 valence electrons. The third-order valence-electron chi connectivity index (χ3n) is 5.21. The van der Waals surface area contributed by atoms with Crippen LogP contribution in [-0.2, 0) is 7.05 Å². The van der Waals surface area contributed by atoms with Gasteiger partial charge in [-0.2, -0.15) is 4.98 Å². The van der Waals surface area contributed by atoms with Gasteiger partial charge < -0.3 is 15.1 Å². The first-order chi connectivity index (χ1) is 12.0. The molecular formula is C18H24N6O. The second-order valence-corrected chi connectivity index (χ2v) is 7.11. The molecule has 2 atom stereocenters. The molecule has 25 heavy (non-hydrogen) atoms. The van der Waals surface area contributed by atoms with Crippen LogP contribution in [0.25, 0.3) is 11.4 Å². The number of carbonyl (C=O) groups excluding carboxylic acids is 1. The number of anilines is 1. The fraction of sp³-hybridized carbons (Fsp3) is 0.500. The Bertz CT molecular complexity index is 799. The monoisotopic (exact) mass is 340 g/mol. The summed E-state index contributed by atoms with van der Waals surface area (Å²) in [7, 11) is 5.75. The number of carbonyl (C=O) groups is 1. The van der Waals surface area contributed by atoms with Gasteiger partial charge in [0.15, 0.2) is 5.82 Å². The Balaban J connectivity index is 1.61. The second kappa shape index (κ2) is 6.15. The molecule has 2 aromatic rings. The van der Waals surface area contributed by atoms with Gasteiger partial charge in [0.25, 0.3) is 5.91 Å². The van der Waals surface area contributed by atoms with E-state index in [1.54, 1.807) is 4.68 Å². The minimum atomic E-state index is 0.113. The molecule has 2 aliphatic rings. The number of aromatic nitrogens is 3. The number of hydrogen-bond donors (Lipinski definition) is 1. The Kier molecular flexibility index (Phi) is 3.95. The summed E-state index contributed by atoms with van der Waals surface area (Å²) in [6.07, 6.45) is 1.09. The molecule has 1 aromatic heterocycles. The van der Waals surface area contributed by atoms with Gasteiger partial charge in [-0.15, -0.1) is 5.10 Å². The van der Waals surface area contributed by atoms with Crippen LogP contribution in [0.3, 0.4) is 0 Å². The molecule has 7 heteroatoms. The SMILES string of the molecule is CN(C)c1nc(-c2cccc(C(=O)N3CCC4CNCC43)c2)nn1C. The van der Waals surface area contributed by atoms with Crippen LogP contribution in [0.1, 0.15) is 16.8 Å². The highest BCUT2D eigenvalue weighted by Crippen LogP contribution is 2.29. The number of nitrogens with one attached hydrogen (secondary N) is 1. The molecule has 2 fully saturated rings. The van der Waals surface area contributed by atoms with Crippen molar-refractivity contribution in [3.8, 4) is 11.4 Å².